The summed E-state index contributed by atoms with van der Waals surface area (Å²) in [7, 11) is 0. The highest BCUT2D eigenvalue weighted by Crippen LogP contribution is 2.25. The molecule has 74 valence electrons. The second kappa shape index (κ2) is 3.16. The van der Waals surface area contributed by atoms with Gasteiger partial charge in [-0.05, 0) is 12.1 Å². The first-order valence-corrected chi connectivity index (χ1v) is 5.36. The van der Waals surface area contributed by atoms with E-state index in [-0.39, 0.29) is 5.91 Å². The number of thioether (sulfide) groups is 1. The Labute approximate surface area is 89.5 Å². The first-order valence-electron chi connectivity index (χ1n) is 4.38. The van der Waals surface area contributed by atoms with E-state index in [2.05, 4.69) is 15.1 Å². The quantitative estimate of drug-likeness (QED) is 0.717. The van der Waals surface area contributed by atoms with Crippen LogP contribution >= 0.6 is 11.8 Å². The van der Waals surface area contributed by atoms with Gasteiger partial charge in [-0.25, -0.2) is 4.98 Å². The van der Waals surface area contributed by atoms with Gasteiger partial charge < -0.3 is 0 Å². The first-order chi connectivity index (χ1) is 7.34. The van der Waals surface area contributed by atoms with Gasteiger partial charge in [-0.1, -0.05) is 11.8 Å². The van der Waals surface area contributed by atoms with Gasteiger partial charge in [-0.3, -0.25) is 9.78 Å². The summed E-state index contributed by atoms with van der Waals surface area (Å²) in [6, 6.07) is 3.64. The standard InChI is InChI=1S/C9H6N4OS/c14-7-5-15-9-11-8(12-13(7)9)6-1-3-10-4-2-6/h1-4H,5H2. The highest BCUT2D eigenvalue weighted by atomic mass is 32.2. The minimum Gasteiger partial charge on any atom is -0.271 e. The van der Waals surface area contributed by atoms with Crippen LogP contribution in [0.2, 0.25) is 0 Å². The van der Waals surface area contributed by atoms with E-state index in [0.29, 0.717) is 16.7 Å². The van der Waals surface area contributed by atoms with Crippen molar-refractivity contribution in [2.45, 2.75) is 5.16 Å². The number of hydrogen-bond acceptors (Lipinski definition) is 5. The second-order valence-electron chi connectivity index (χ2n) is 3.05. The number of carbonyl (C=O) groups excluding carboxylic acids is 1. The molecule has 0 saturated carbocycles. The van der Waals surface area contributed by atoms with Crippen molar-refractivity contribution < 1.29 is 4.79 Å². The van der Waals surface area contributed by atoms with E-state index in [0.717, 1.165) is 5.56 Å². The SMILES string of the molecule is O=C1CSc2nc(-c3ccncc3)nn21. The molecule has 0 aromatic carbocycles. The maximum Gasteiger partial charge on any atom is 0.259 e. The van der Waals surface area contributed by atoms with Crippen molar-refractivity contribution in [1.82, 2.24) is 19.7 Å². The molecule has 0 fully saturated rings. The number of aromatic nitrogens is 4. The van der Waals surface area contributed by atoms with Crippen LogP contribution in [0, 0.1) is 0 Å². The largest absolute Gasteiger partial charge is 0.271 e. The molecule has 0 saturated heterocycles. The fourth-order valence-corrected chi connectivity index (χ4v) is 2.16. The van der Waals surface area contributed by atoms with Crippen LogP contribution in [0.3, 0.4) is 0 Å². The van der Waals surface area contributed by atoms with E-state index >= 15 is 0 Å². The summed E-state index contributed by atoms with van der Waals surface area (Å²) < 4.78 is 1.36. The summed E-state index contributed by atoms with van der Waals surface area (Å²) in [5.74, 6) is 1.00. The predicted molar refractivity (Wildman–Crippen MR) is 54.6 cm³/mol. The van der Waals surface area contributed by atoms with Crippen molar-refractivity contribution in [3.63, 3.8) is 0 Å². The number of rotatable bonds is 1. The predicted octanol–water partition coefficient (Wildman–Crippen LogP) is 1.09. The van der Waals surface area contributed by atoms with Crippen molar-refractivity contribution in [1.29, 1.82) is 0 Å². The molecule has 0 amide bonds. The molecule has 0 spiro atoms. The van der Waals surface area contributed by atoms with Crippen LogP contribution in [0.1, 0.15) is 4.79 Å². The van der Waals surface area contributed by atoms with Crippen LogP contribution in [0.5, 0.6) is 0 Å². The molecule has 0 N–H and O–H groups in total. The lowest BCUT2D eigenvalue weighted by molar-refractivity contribution is 0.0923. The molecule has 1 aliphatic heterocycles. The maximum atomic E-state index is 11.3. The molecule has 0 atom stereocenters. The van der Waals surface area contributed by atoms with E-state index in [1.807, 2.05) is 12.1 Å². The number of hydrogen-bond donors (Lipinski definition) is 0. The molecule has 5 nitrogen and oxygen atoms in total. The first kappa shape index (κ1) is 8.60. The summed E-state index contributed by atoms with van der Waals surface area (Å²) in [6.45, 7) is 0. The van der Waals surface area contributed by atoms with Gasteiger partial charge in [0, 0.05) is 18.0 Å². The zero-order valence-electron chi connectivity index (χ0n) is 7.62. The van der Waals surface area contributed by atoms with Crippen molar-refractivity contribution in [3.8, 4) is 11.4 Å². The van der Waals surface area contributed by atoms with Crippen LogP contribution in [-0.2, 0) is 0 Å². The molecule has 2 aromatic rings. The Morgan fingerprint density at radius 2 is 2.13 bits per heavy atom. The second-order valence-corrected chi connectivity index (χ2v) is 3.99. The lowest BCUT2D eigenvalue weighted by Crippen LogP contribution is -2.08. The molecule has 0 aliphatic carbocycles. The number of pyridine rings is 1. The van der Waals surface area contributed by atoms with Crippen LogP contribution in [0.15, 0.2) is 29.7 Å². The molecule has 0 radical (unpaired) electrons. The smallest absolute Gasteiger partial charge is 0.259 e. The lowest BCUT2D eigenvalue weighted by atomic mass is 10.3. The average Bonchev–Trinajstić information content (AvgIpc) is 2.83. The Balaban J connectivity index is 2.09. The number of nitrogens with zero attached hydrogens (tertiary/aromatic N) is 4. The van der Waals surface area contributed by atoms with Crippen molar-refractivity contribution in [3.05, 3.63) is 24.5 Å². The zero-order valence-corrected chi connectivity index (χ0v) is 8.44. The van der Waals surface area contributed by atoms with Crippen LogP contribution < -0.4 is 0 Å². The third-order valence-corrected chi connectivity index (χ3v) is 2.99. The van der Waals surface area contributed by atoms with Crippen molar-refractivity contribution >= 4 is 17.7 Å². The van der Waals surface area contributed by atoms with Gasteiger partial charge in [0.25, 0.3) is 5.91 Å². The summed E-state index contributed by atoms with van der Waals surface area (Å²) in [6.07, 6.45) is 3.35. The summed E-state index contributed by atoms with van der Waals surface area (Å²) >= 11 is 1.42. The Morgan fingerprint density at radius 3 is 2.87 bits per heavy atom. The Bertz CT molecular complexity index is 522. The van der Waals surface area contributed by atoms with Crippen molar-refractivity contribution in [2.24, 2.45) is 0 Å². The number of fused-ring (bicyclic) bond motifs is 1. The van der Waals surface area contributed by atoms with E-state index in [4.69, 9.17) is 0 Å². The van der Waals surface area contributed by atoms with Gasteiger partial charge in [-0.2, -0.15) is 4.68 Å². The van der Waals surface area contributed by atoms with Gasteiger partial charge in [0.05, 0.1) is 5.75 Å². The molecule has 0 unspecified atom stereocenters. The van der Waals surface area contributed by atoms with Gasteiger partial charge in [0.1, 0.15) is 0 Å². The molecule has 3 rings (SSSR count). The highest BCUT2D eigenvalue weighted by molar-refractivity contribution is 8.00. The fourth-order valence-electron chi connectivity index (χ4n) is 1.36. The minimum absolute atomic E-state index is 0.0113. The molecule has 2 aromatic heterocycles. The van der Waals surface area contributed by atoms with Crippen LogP contribution in [-0.4, -0.2) is 31.4 Å². The topological polar surface area (TPSA) is 60.7 Å². The Kier molecular flexibility index (Phi) is 1.81. The Morgan fingerprint density at radius 1 is 1.33 bits per heavy atom. The molecule has 0 bridgehead atoms. The molecular weight excluding hydrogens is 212 g/mol. The Hall–Kier alpha value is -1.69. The molecule has 3 heterocycles. The van der Waals surface area contributed by atoms with Gasteiger partial charge >= 0.3 is 0 Å². The van der Waals surface area contributed by atoms with Crippen LogP contribution in [0.4, 0.5) is 0 Å². The van der Waals surface area contributed by atoms with Crippen LogP contribution in [0.25, 0.3) is 11.4 Å². The highest BCUT2D eigenvalue weighted by Gasteiger charge is 2.24. The third kappa shape index (κ3) is 1.33. The van der Waals surface area contributed by atoms with Gasteiger partial charge in [0.15, 0.2) is 11.0 Å². The molecule has 15 heavy (non-hydrogen) atoms. The van der Waals surface area contributed by atoms with Gasteiger partial charge in [0.2, 0.25) is 0 Å². The van der Waals surface area contributed by atoms with E-state index in [1.165, 1.54) is 16.4 Å². The third-order valence-electron chi connectivity index (χ3n) is 2.08. The summed E-state index contributed by atoms with van der Waals surface area (Å²) in [4.78, 5) is 19.5. The lowest BCUT2D eigenvalue weighted by Gasteiger charge is -1.92. The minimum atomic E-state index is -0.0113. The normalized spacial score (nSPS) is 14.3. The van der Waals surface area contributed by atoms with E-state index < -0.39 is 0 Å². The van der Waals surface area contributed by atoms with E-state index in [1.54, 1.807) is 12.4 Å². The average molecular weight is 218 g/mol. The fraction of sp³-hybridized carbons (Fsp3) is 0.111. The number of carbonyl (C=O) groups is 1. The van der Waals surface area contributed by atoms with Crippen molar-refractivity contribution in [2.75, 3.05) is 5.75 Å². The molecular formula is C9H6N4OS. The summed E-state index contributed by atoms with van der Waals surface area (Å²) in [5.41, 5.74) is 0.875. The van der Waals surface area contributed by atoms with Gasteiger partial charge in [-0.15, -0.1) is 5.10 Å². The maximum absolute atomic E-state index is 11.3. The molecule has 6 heteroatoms. The monoisotopic (exact) mass is 218 g/mol. The summed E-state index contributed by atoms with van der Waals surface area (Å²) in [5, 5.41) is 4.82. The zero-order chi connectivity index (χ0) is 10.3. The molecule has 1 aliphatic rings. The van der Waals surface area contributed by atoms with E-state index in [9.17, 15) is 4.79 Å².